The molecular formula is C22H31N5O3. The minimum absolute atomic E-state index is 0.0915. The lowest BCUT2D eigenvalue weighted by atomic mass is 10.2. The summed E-state index contributed by atoms with van der Waals surface area (Å²) >= 11 is 0. The average Bonchev–Trinajstić information content (AvgIpc) is 2.75. The van der Waals surface area contributed by atoms with Crippen molar-refractivity contribution >= 4 is 28.7 Å². The lowest BCUT2D eigenvalue weighted by Crippen LogP contribution is -2.28. The number of nitro benzene ring substituents is 1. The Kier molecular flexibility index (Phi) is 9.76. The van der Waals surface area contributed by atoms with Gasteiger partial charge in [0.05, 0.1) is 4.92 Å². The van der Waals surface area contributed by atoms with E-state index in [4.69, 9.17) is 0 Å². The highest BCUT2D eigenvalue weighted by molar-refractivity contribution is 5.92. The molecule has 1 amide bonds. The van der Waals surface area contributed by atoms with Gasteiger partial charge in [-0.1, -0.05) is 32.0 Å². The van der Waals surface area contributed by atoms with Crippen molar-refractivity contribution in [1.82, 2.24) is 10.2 Å². The molecule has 2 rings (SSSR count). The number of hydrogen-bond acceptors (Lipinski definition) is 6. The molecule has 0 aliphatic rings. The second-order valence-electron chi connectivity index (χ2n) is 6.91. The maximum Gasteiger partial charge on any atom is 0.294 e. The third-order valence-electron chi connectivity index (χ3n) is 4.78. The standard InChI is InChI=1S/C22H31N5O3/c1-3-26(4-2)16-8-14-23-15-13-22(28)25-19-11-12-20(21(17-19)27(29)30)24-18-9-6-5-7-10-18/h5-7,9-12,17,23-24H,3-4,8,13-16H2,1-2H3,(H,25,28). The minimum atomic E-state index is -0.460. The van der Waals surface area contributed by atoms with Gasteiger partial charge in [-0.25, -0.2) is 0 Å². The second kappa shape index (κ2) is 12.6. The van der Waals surface area contributed by atoms with Gasteiger partial charge in [0.15, 0.2) is 0 Å². The fraction of sp³-hybridized carbons (Fsp3) is 0.409. The summed E-state index contributed by atoms with van der Waals surface area (Å²) in [5.74, 6) is -0.177. The van der Waals surface area contributed by atoms with Crippen molar-refractivity contribution in [3.8, 4) is 0 Å². The van der Waals surface area contributed by atoms with E-state index in [1.165, 1.54) is 6.07 Å². The number of anilines is 3. The number of para-hydroxylation sites is 1. The fourth-order valence-corrected chi connectivity index (χ4v) is 3.06. The third-order valence-corrected chi connectivity index (χ3v) is 4.78. The molecule has 2 aromatic rings. The molecule has 0 bridgehead atoms. The topological polar surface area (TPSA) is 99.5 Å². The van der Waals surface area contributed by atoms with Crippen LogP contribution in [-0.4, -0.2) is 48.5 Å². The summed E-state index contributed by atoms with van der Waals surface area (Å²) in [7, 11) is 0. The van der Waals surface area contributed by atoms with E-state index in [-0.39, 0.29) is 11.6 Å². The van der Waals surface area contributed by atoms with Crippen LogP contribution in [0.5, 0.6) is 0 Å². The van der Waals surface area contributed by atoms with Gasteiger partial charge >= 0.3 is 0 Å². The molecule has 8 heteroatoms. The van der Waals surface area contributed by atoms with E-state index in [0.29, 0.717) is 24.3 Å². The van der Waals surface area contributed by atoms with Crippen LogP contribution in [0.2, 0.25) is 0 Å². The molecule has 30 heavy (non-hydrogen) atoms. The summed E-state index contributed by atoms with van der Waals surface area (Å²) in [5, 5.41) is 20.5. The van der Waals surface area contributed by atoms with Crippen LogP contribution in [0.3, 0.4) is 0 Å². The predicted octanol–water partition coefficient (Wildman–Crippen LogP) is 3.99. The molecule has 0 aliphatic carbocycles. The van der Waals surface area contributed by atoms with Crippen molar-refractivity contribution in [3.05, 3.63) is 58.6 Å². The Labute approximate surface area is 177 Å². The van der Waals surface area contributed by atoms with Gasteiger partial charge in [-0.2, -0.15) is 0 Å². The Balaban J connectivity index is 1.82. The third kappa shape index (κ3) is 7.81. The van der Waals surface area contributed by atoms with E-state index in [1.807, 2.05) is 30.3 Å². The van der Waals surface area contributed by atoms with Crippen molar-refractivity contribution in [2.75, 3.05) is 43.4 Å². The Bertz CT molecular complexity index is 810. The highest BCUT2D eigenvalue weighted by Crippen LogP contribution is 2.30. The van der Waals surface area contributed by atoms with E-state index in [2.05, 4.69) is 34.7 Å². The first-order valence-electron chi connectivity index (χ1n) is 10.4. The van der Waals surface area contributed by atoms with Gasteiger partial charge in [-0.3, -0.25) is 14.9 Å². The average molecular weight is 414 g/mol. The number of nitrogens with one attached hydrogen (secondary N) is 3. The first-order valence-corrected chi connectivity index (χ1v) is 10.4. The van der Waals surface area contributed by atoms with Gasteiger partial charge in [0, 0.05) is 30.4 Å². The number of nitro groups is 1. The second-order valence-corrected chi connectivity index (χ2v) is 6.91. The number of carbonyl (C=O) groups excluding carboxylic acids is 1. The van der Waals surface area contributed by atoms with Gasteiger partial charge in [0.2, 0.25) is 5.91 Å². The van der Waals surface area contributed by atoms with Gasteiger partial charge < -0.3 is 20.9 Å². The van der Waals surface area contributed by atoms with Crippen molar-refractivity contribution in [3.63, 3.8) is 0 Å². The predicted molar refractivity (Wildman–Crippen MR) is 121 cm³/mol. The summed E-state index contributed by atoms with van der Waals surface area (Å²) in [6.45, 7) is 8.86. The molecule has 0 saturated carbocycles. The lowest BCUT2D eigenvalue weighted by molar-refractivity contribution is -0.383. The van der Waals surface area contributed by atoms with Crippen LogP contribution in [0.25, 0.3) is 0 Å². The maximum atomic E-state index is 12.2. The van der Waals surface area contributed by atoms with Gasteiger partial charge in [0.1, 0.15) is 5.69 Å². The number of amides is 1. The van der Waals surface area contributed by atoms with E-state index in [0.717, 1.165) is 38.3 Å². The van der Waals surface area contributed by atoms with E-state index >= 15 is 0 Å². The quantitative estimate of drug-likeness (QED) is 0.261. The monoisotopic (exact) mass is 413 g/mol. The van der Waals surface area contributed by atoms with Crippen LogP contribution in [0, 0.1) is 10.1 Å². The van der Waals surface area contributed by atoms with Crippen LogP contribution < -0.4 is 16.0 Å². The first-order chi connectivity index (χ1) is 14.5. The Hall–Kier alpha value is -2.97. The molecule has 0 aromatic heterocycles. The Morgan fingerprint density at radius 3 is 2.43 bits per heavy atom. The molecule has 0 radical (unpaired) electrons. The van der Waals surface area contributed by atoms with E-state index in [1.54, 1.807) is 12.1 Å². The fourth-order valence-electron chi connectivity index (χ4n) is 3.06. The molecule has 8 nitrogen and oxygen atoms in total. The highest BCUT2D eigenvalue weighted by Gasteiger charge is 2.16. The summed E-state index contributed by atoms with van der Waals surface area (Å²) in [5.41, 5.74) is 1.45. The molecule has 0 unspecified atom stereocenters. The zero-order chi connectivity index (χ0) is 21.8. The molecule has 162 valence electrons. The minimum Gasteiger partial charge on any atom is -0.350 e. The van der Waals surface area contributed by atoms with Crippen LogP contribution in [0.1, 0.15) is 26.7 Å². The molecule has 0 spiro atoms. The number of carbonyl (C=O) groups is 1. The SMILES string of the molecule is CCN(CC)CCCNCCC(=O)Nc1ccc(Nc2ccccc2)c([N+](=O)[O-])c1. The van der Waals surface area contributed by atoms with Gasteiger partial charge in [0.25, 0.3) is 5.69 Å². The van der Waals surface area contributed by atoms with Crippen molar-refractivity contribution in [1.29, 1.82) is 0 Å². The van der Waals surface area contributed by atoms with Crippen LogP contribution in [0.4, 0.5) is 22.7 Å². The smallest absolute Gasteiger partial charge is 0.294 e. The van der Waals surface area contributed by atoms with Crippen molar-refractivity contribution < 1.29 is 9.72 Å². The zero-order valence-corrected chi connectivity index (χ0v) is 17.7. The molecule has 2 aromatic carbocycles. The summed E-state index contributed by atoms with van der Waals surface area (Å²) in [4.78, 5) is 25.5. The Morgan fingerprint density at radius 1 is 1.03 bits per heavy atom. The number of nitrogens with zero attached hydrogens (tertiary/aromatic N) is 2. The van der Waals surface area contributed by atoms with Crippen LogP contribution >= 0.6 is 0 Å². The van der Waals surface area contributed by atoms with E-state index < -0.39 is 4.92 Å². The zero-order valence-electron chi connectivity index (χ0n) is 17.7. The number of hydrogen-bond donors (Lipinski definition) is 3. The van der Waals surface area contributed by atoms with E-state index in [9.17, 15) is 14.9 Å². The lowest BCUT2D eigenvalue weighted by Gasteiger charge is -2.17. The molecule has 0 atom stereocenters. The molecular weight excluding hydrogens is 382 g/mol. The largest absolute Gasteiger partial charge is 0.350 e. The van der Waals surface area contributed by atoms with Crippen molar-refractivity contribution in [2.24, 2.45) is 0 Å². The molecule has 0 aliphatic heterocycles. The summed E-state index contributed by atoms with van der Waals surface area (Å²) < 4.78 is 0. The molecule has 0 fully saturated rings. The molecule has 3 N–H and O–H groups in total. The van der Waals surface area contributed by atoms with Gasteiger partial charge in [-0.15, -0.1) is 0 Å². The summed E-state index contributed by atoms with van der Waals surface area (Å²) in [6.07, 6.45) is 1.34. The Morgan fingerprint density at radius 2 is 1.77 bits per heavy atom. The maximum absolute atomic E-state index is 12.2. The van der Waals surface area contributed by atoms with Crippen LogP contribution in [-0.2, 0) is 4.79 Å². The van der Waals surface area contributed by atoms with Crippen LogP contribution in [0.15, 0.2) is 48.5 Å². The van der Waals surface area contributed by atoms with Crippen molar-refractivity contribution in [2.45, 2.75) is 26.7 Å². The summed E-state index contributed by atoms with van der Waals surface area (Å²) in [6, 6.07) is 13.9. The highest BCUT2D eigenvalue weighted by atomic mass is 16.6. The first kappa shape index (κ1) is 23.3. The molecule has 0 saturated heterocycles. The van der Waals surface area contributed by atoms with Gasteiger partial charge in [-0.05, 0) is 56.9 Å². The number of benzene rings is 2. The number of rotatable bonds is 13. The normalized spacial score (nSPS) is 10.8. The molecule has 0 heterocycles.